The Balaban J connectivity index is 2.10. The molecule has 1 unspecified atom stereocenters. The molecule has 7 nitrogen and oxygen atoms in total. The fraction of sp³-hybridized carbons (Fsp3) is 0.375. The lowest BCUT2D eigenvalue weighted by atomic mass is 9.95. The Bertz CT molecular complexity index is 805. The summed E-state index contributed by atoms with van der Waals surface area (Å²) in [6.07, 6.45) is 0. The number of halogens is 1. The number of carbonyl (C=O) groups excluding carboxylic acids is 1. The summed E-state index contributed by atoms with van der Waals surface area (Å²) < 4.78 is 8.13. The molecule has 1 aliphatic rings. The van der Waals surface area contributed by atoms with Crippen LogP contribution in [0.2, 0.25) is 0 Å². The van der Waals surface area contributed by atoms with E-state index in [4.69, 9.17) is 4.74 Å². The van der Waals surface area contributed by atoms with Gasteiger partial charge in [0.15, 0.2) is 0 Å². The summed E-state index contributed by atoms with van der Waals surface area (Å²) >= 11 is 3.43. The SMILES string of the molecule is CC1=C(C(=O)OC(C)(C)C)C(c2ccc(Br)cc2)n2nnnc2N1. The quantitative estimate of drug-likeness (QED) is 0.792. The zero-order valence-electron chi connectivity index (χ0n) is 13.9. The van der Waals surface area contributed by atoms with E-state index in [0.717, 1.165) is 10.0 Å². The third-order valence-electron chi connectivity index (χ3n) is 3.52. The Morgan fingerprint density at radius 2 is 1.96 bits per heavy atom. The Morgan fingerprint density at radius 1 is 1.29 bits per heavy atom. The minimum Gasteiger partial charge on any atom is -0.456 e. The molecule has 0 bridgehead atoms. The Morgan fingerprint density at radius 3 is 2.58 bits per heavy atom. The fourth-order valence-electron chi connectivity index (χ4n) is 2.56. The third kappa shape index (κ3) is 3.19. The average Bonchev–Trinajstić information content (AvgIpc) is 2.92. The molecule has 2 heterocycles. The fourth-order valence-corrected chi connectivity index (χ4v) is 2.83. The minimum absolute atomic E-state index is 0.387. The van der Waals surface area contributed by atoms with Gasteiger partial charge in [0.05, 0.1) is 5.57 Å². The van der Waals surface area contributed by atoms with Crippen LogP contribution in [-0.4, -0.2) is 31.8 Å². The second kappa shape index (κ2) is 6.01. The first-order valence-corrected chi connectivity index (χ1v) is 8.30. The van der Waals surface area contributed by atoms with Gasteiger partial charge < -0.3 is 10.1 Å². The van der Waals surface area contributed by atoms with Crippen LogP contribution in [-0.2, 0) is 9.53 Å². The summed E-state index contributed by atoms with van der Waals surface area (Å²) in [5, 5.41) is 14.8. The first-order valence-electron chi connectivity index (χ1n) is 7.51. The molecule has 1 aromatic carbocycles. The van der Waals surface area contributed by atoms with Crippen LogP contribution >= 0.6 is 15.9 Å². The number of tetrazole rings is 1. The van der Waals surface area contributed by atoms with Gasteiger partial charge in [-0.05, 0) is 55.8 Å². The number of carbonyl (C=O) groups is 1. The monoisotopic (exact) mass is 391 g/mol. The summed E-state index contributed by atoms with van der Waals surface area (Å²) in [6, 6.07) is 7.26. The highest BCUT2D eigenvalue weighted by Crippen LogP contribution is 2.35. The number of fused-ring (bicyclic) bond motifs is 1. The maximum atomic E-state index is 12.8. The smallest absolute Gasteiger partial charge is 0.338 e. The number of hydrogen-bond acceptors (Lipinski definition) is 6. The predicted octanol–water partition coefficient (Wildman–Crippen LogP) is 3.07. The van der Waals surface area contributed by atoms with Crippen LogP contribution in [0.25, 0.3) is 0 Å². The van der Waals surface area contributed by atoms with Gasteiger partial charge in [0.25, 0.3) is 0 Å². The van der Waals surface area contributed by atoms with Gasteiger partial charge in [-0.1, -0.05) is 33.2 Å². The molecule has 126 valence electrons. The number of esters is 1. The molecule has 0 amide bonds. The molecule has 0 spiro atoms. The molecule has 0 radical (unpaired) electrons. The summed E-state index contributed by atoms with van der Waals surface area (Å²) in [6.45, 7) is 7.35. The maximum absolute atomic E-state index is 12.8. The van der Waals surface area contributed by atoms with E-state index in [0.29, 0.717) is 17.2 Å². The van der Waals surface area contributed by atoms with Gasteiger partial charge in [-0.2, -0.15) is 4.68 Å². The molecule has 8 heteroatoms. The van der Waals surface area contributed by atoms with E-state index < -0.39 is 11.6 Å². The lowest BCUT2D eigenvalue weighted by molar-refractivity contribution is -0.150. The molecule has 0 fully saturated rings. The van der Waals surface area contributed by atoms with Crippen molar-refractivity contribution in [3.63, 3.8) is 0 Å². The van der Waals surface area contributed by atoms with E-state index in [-0.39, 0.29) is 5.97 Å². The lowest BCUT2D eigenvalue weighted by Crippen LogP contribution is -2.33. The molecule has 0 saturated heterocycles. The topological polar surface area (TPSA) is 81.9 Å². The van der Waals surface area contributed by atoms with Gasteiger partial charge in [0, 0.05) is 10.2 Å². The van der Waals surface area contributed by atoms with Gasteiger partial charge in [0.1, 0.15) is 11.6 Å². The van der Waals surface area contributed by atoms with Crippen molar-refractivity contribution in [2.24, 2.45) is 0 Å². The average molecular weight is 392 g/mol. The molecule has 1 aromatic heterocycles. The van der Waals surface area contributed by atoms with Crippen molar-refractivity contribution in [3.05, 3.63) is 45.6 Å². The molecule has 24 heavy (non-hydrogen) atoms. The number of aromatic nitrogens is 4. The number of ether oxygens (including phenoxy) is 1. The van der Waals surface area contributed by atoms with E-state index in [1.54, 1.807) is 4.68 Å². The van der Waals surface area contributed by atoms with Crippen LogP contribution in [0.3, 0.4) is 0 Å². The van der Waals surface area contributed by atoms with E-state index >= 15 is 0 Å². The maximum Gasteiger partial charge on any atom is 0.338 e. The highest BCUT2D eigenvalue weighted by Gasteiger charge is 2.36. The number of benzene rings is 1. The molecule has 3 rings (SSSR count). The number of anilines is 1. The number of nitrogens with zero attached hydrogens (tertiary/aromatic N) is 4. The van der Waals surface area contributed by atoms with Crippen LogP contribution in [0.4, 0.5) is 5.95 Å². The molecule has 0 aliphatic carbocycles. The van der Waals surface area contributed by atoms with Crippen molar-refractivity contribution in [2.75, 3.05) is 5.32 Å². The van der Waals surface area contributed by atoms with E-state index in [1.807, 2.05) is 52.0 Å². The summed E-state index contributed by atoms with van der Waals surface area (Å²) in [5.74, 6) is 0.106. The number of allylic oxidation sites excluding steroid dienone is 1. The van der Waals surface area contributed by atoms with Gasteiger partial charge in [-0.15, -0.1) is 0 Å². The van der Waals surface area contributed by atoms with Crippen molar-refractivity contribution < 1.29 is 9.53 Å². The van der Waals surface area contributed by atoms with Crippen molar-refractivity contribution in [2.45, 2.75) is 39.3 Å². The Hall–Kier alpha value is -2.22. The van der Waals surface area contributed by atoms with Crippen molar-refractivity contribution in [3.8, 4) is 0 Å². The number of nitrogens with one attached hydrogen (secondary N) is 1. The first kappa shape index (κ1) is 16.6. The normalized spacial score (nSPS) is 17.3. The summed E-state index contributed by atoms with van der Waals surface area (Å²) in [5.41, 5.74) is 1.48. The van der Waals surface area contributed by atoms with E-state index in [1.165, 1.54) is 0 Å². The van der Waals surface area contributed by atoms with E-state index in [9.17, 15) is 4.79 Å². The number of hydrogen-bond donors (Lipinski definition) is 1. The molecular formula is C16H18BrN5O2. The van der Waals surface area contributed by atoms with Gasteiger partial charge in [-0.3, -0.25) is 0 Å². The third-order valence-corrected chi connectivity index (χ3v) is 4.05. The van der Waals surface area contributed by atoms with Crippen LogP contribution in [0.15, 0.2) is 40.0 Å². The van der Waals surface area contributed by atoms with Crippen LogP contribution in [0.1, 0.15) is 39.3 Å². The van der Waals surface area contributed by atoms with Crippen LogP contribution < -0.4 is 5.32 Å². The molecule has 2 aromatic rings. The largest absolute Gasteiger partial charge is 0.456 e. The molecule has 1 N–H and O–H groups in total. The van der Waals surface area contributed by atoms with Gasteiger partial charge in [-0.25, -0.2) is 4.79 Å². The zero-order chi connectivity index (χ0) is 17.5. The second-order valence-corrected chi connectivity index (χ2v) is 7.48. The van der Waals surface area contributed by atoms with Crippen molar-refractivity contribution in [1.29, 1.82) is 0 Å². The molecule has 0 saturated carbocycles. The van der Waals surface area contributed by atoms with Crippen molar-refractivity contribution in [1.82, 2.24) is 20.2 Å². The lowest BCUT2D eigenvalue weighted by Gasteiger charge is -2.29. The number of rotatable bonds is 2. The highest BCUT2D eigenvalue weighted by molar-refractivity contribution is 9.10. The summed E-state index contributed by atoms with van der Waals surface area (Å²) in [4.78, 5) is 12.8. The van der Waals surface area contributed by atoms with Crippen LogP contribution in [0, 0.1) is 0 Å². The standard InChI is InChI=1S/C16H18BrN5O2/c1-9-12(14(23)24-16(2,3)4)13(10-5-7-11(17)8-6-10)22-15(18-9)19-20-21-22/h5-8,13H,1-4H3,(H,18,19,21). The minimum atomic E-state index is -0.588. The van der Waals surface area contributed by atoms with E-state index in [2.05, 4.69) is 36.8 Å². The first-order chi connectivity index (χ1) is 11.3. The summed E-state index contributed by atoms with van der Waals surface area (Å²) in [7, 11) is 0. The second-order valence-electron chi connectivity index (χ2n) is 6.57. The Labute approximate surface area is 148 Å². The molecule has 1 atom stereocenters. The predicted molar refractivity (Wildman–Crippen MR) is 92.3 cm³/mol. The van der Waals surface area contributed by atoms with Crippen LogP contribution in [0.5, 0.6) is 0 Å². The zero-order valence-corrected chi connectivity index (χ0v) is 15.5. The van der Waals surface area contributed by atoms with Gasteiger partial charge >= 0.3 is 5.97 Å². The Kier molecular flexibility index (Phi) is 4.16. The van der Waals surface area contributed by atoms with Crippen molar-refractivity contribution >= 4 is 27.8 Å². The highest BCUT2D eigenvalue weighted by atomic mass is 79.9. The molecule has 1 aliphatic heterocycles. The molecular weight excluding hydrogens is 374 g/mol. The van der Waals surface area contributed by atoms with Gasteiger partial charge in [0.2, 0.25) is 5.95 Å².